The molecule has 0 amide bonds. The number of aromatic carboxylic acids is 1. The van der Waals surface area contributed by atoms with Gasteiger partial charge in [0.25, 0.3) is 0 Å². The minimum atomic E-state index is -0.994. The molecule has 0 aliphatic carbocycles. The average Bonchev–Trinajstić information content (AvgIpc) is 3.18. The molecule has 4 aromatic rings. The second kappa shape index (κ2) is 8.72. The van der Waals surface area contributed by atoms with Crippen LogP contribution in [-0.4, -0.2) is 40.1 Å². The highest BCUT2D eigenvalue weighted by molar-refractivity contribution is 6.02. The Morgan fingerprint density at radius 3 is 2.44 bits per heavy atom. The molecule has 1 aliphatic rings. The molecule has 0 saturated carbocycles. The van der Waals surface area contributed by atoms with Crippen LogP contribution in [0.5, 0.6) is 0 Å². The number of carbonyl (C=O) groups is 1. The molecule has 5 rings (SSSR count). The van der Waals surface area contributed by atoms with Crippen molar-refractivity contribution in [2.75, 3.05) is 18.9 Å². The summed E-state index contributed by atoms with van der Waals surface area (Å²) in [7, 11) is 0. The zero-order valence-electron chi connectivity index (χ0n) is 18.3. The third kappa shape index (κ3) is 3.72. The average molecular weight is 458 g/mol. The fraction of sp³-hybridized carbons (Fsp3) is 0.192. The molecule has 0 unspecified atom stereocenters. The molecule has 4 N–H and O–H groups in total. The quantitative estimate of drug-likeness (QED) is 0.364. The highest BCUT2D eigenvalue weighted by atomic mass is 19.1. The van der Waals surface area contributed by atoms with Crippen molar-refractivity contribution in [3.8, 4) is 16.8 Å². The zero-order chi connectivity index (χ0) is 23.8. The van der Waals surface area contributed by atoms with Crippen molar-refractivity contribution in [1.29, 1.82) is 5.41 Å². The lowest BCUT2D eigenvalue weighted by molar-refractivity contribution is 0.0697. The SMILES string of the molecule is N=Cc1nc2c(cc1N)c(-c1ccc(C(=O)O)cc1)c(C1CCOCC1)n2-c1ccc(F)cc1. The highest BCUT2D eigenvalue weighted by Gasteiger charge is 2.29. The predicted octanol–water partition coefficient (Wildman–Crippen LogP) is 5.00. The summed E-state index contributed by atoms with van der Waals surface area (Å²) in [5.74, 6) is -1.20. The van der Waals surface area contributed by atoms with Gasteiger partial charge in [-0.05, 0) is 60.9 Å². The fourth-order valence-electron chi connectivity index (χ4n) is 4.66. The minimum absolute atomic E-state index is 0.131. The minimum Gasteiger partial charge on any atom is -0.478 e. The van der Waals surface area contributed by atoms with Crippen molar-refractivity contribution >= 4 is 28.9 Å². The molecule has 2 aromatic carbocycles. The van der Waals surface area contributed by atoms with Gasteiger partial charge in [-0.15, -0.1) is 0 Å². The van der Waals surface area contributed by atoms with Gasteiger partial charge in [0, 0.05) is 47.7 Å². The van der Waals surface area contributed by atoms with E-state index in [2.05, 4.69) is 0 Å². The Hall–Kier alpha value is -4.04. The molecule has 1 aliphatic heterocycles. The number of aromatic nitrogens is 2. The zero-order valence-corrected chi connectivity index (χ0v) is 18.3. The van der Waals surface area contributed by atoms with Crippen molar-refractivity contribution < 1.29 is 19.0 Å². The summed E-state index contributed by atoms with van der Waals surface area (Å²) in [6.07, 6.45) is 2.71. The Morgan fingerprint density at radius 2 is 1.82 bits per heavy atom. The third-order valence-corrected chi connectivity index (χ3v) is 6.29. The largest absolute Gasteiger partial charge is 0.478 e. The maximum atomic E-state index is 13.8. The number of rotatable bonds is 5. The first kappa shape index (κ1) is 21.8. The van der Waals surface area contributed by atoms with Crippen molar-refractivity contribution in [2.45, 2.75) is 18.8 Å². The smallest absolute Gasteiger partial charge is 0.335 e. The summed E-state index contributed by atoms with van der Waals surface area (Å²) in [6.45, 7) is 1.24. The van der Waals surface area contributed by atoms with Gasteiger partial charge in [0.15, 0.2) is 0 Å². The molecule has 34 heavy (non-hydrogen) atoms. The summed E-state index contributed by atoms with van der Waals surface area (Å²) in [5.41, 5.74) is 11.2. The normalized spacial score (nSPS) is 14.4. The van der Waals surface area contributed by atoms with Crippen LogP contribution in [-0.2, 0) is 4.74 Å². The van der Waals surface area contributed by atoms with Gasteiger partial charge in [0.2, 0.25) is 0 Å². The number of fused-ring (bicyclic) bond motifs is 1. The predicted molar refractivity (Wildman–Crippen MR) is 129 cm³/mol. The van der Waals surface area contributed by atoms with Crippen LogP contribution in [0.15, 0.2) is 54.6 Å². The molecule has 1 fully saturated rings. The number of hydrogen-bond acceptors (Lipinski definition) is 5. The summed E-state index contributed by atoms with van der Waals surface area (Å²) in [4.78, 5) is 16.1. The number of ether oxygens (including phenoxy) is 1. The molecule has 2 aromatic heterocycles. The Morgan fingerprint density at radius 1 is 1.15 bits per heavy atom. The van der Waals surface area contributed by atoms with Crippen LogP contribution >= 0.6 is 0 Å². The van der Waals surface area contributed by atoms with Gasteiger partial charge in [-0.3, -0.25) is 4.57 Å². The van der Waals surface area contributed by atoms with Crippen molar-refractivity contribution in [3.05, 3.63) is 77.4 Å². The van der Waals surface area contributed by atoms with Crippen molar-refractivity contribution in [3.63, 3.8) is 0 Å². The number of hydrogen-bond donors (Lipinski definition) is 3. The van der Waals surface area contributed by atoms with Crippen LogP contribution in [0.3, 0.4) is 0 Å². The van der Waals surface area contributed by atoms with Gasteiger partial charge in [-0.2, -0.15) is 0 Å². The summed E-state index contributed by atoms with van der Waals surface area (Å²) >= 11 is 0. The van der Waals surface area contributed by atoms with E-state index < -0.39 is 5.97 Å². The number of anilines is 1. The number of benzene rings is 2. The number of carboxylic acids is 1. The first-order valence-electron chi connectivity index (χ1n) is 11.0. The Labute approximate surface area is 195 Å². The maximum Gasteiger partial charge on any atom is 0.335 e. The van der Waals surface area contributed by atoms with Gasteiger partial charge in [-0.1, -0.05) is 12.1 Å². The van der Waals surface area contributed by atoms with E-state index in [0.717, 1.165) is 47.0 Å². The van der Waals surface area contributed by atoms with Crippen molar-refractivity contribution in [2.24, 2.45) is 0 Å². The van der Waals surface area contributed by atoms with Crippen LogP contribution in [0, 0.1) is 11.2 Å². The first-order valence-corrected chi connectivity index (χ1v) is 11.0. The van der Waals surface area contributed by atoms with Crippen LogP contribution in [0.25, 0.3) is 27.8 Å². The molecule has 1 saturated heterocycles. The second-order valence-corrected chi connectivity index (χ2v) is 8.32. The number of carboxylic acid groups (broad SMARTS) is 1. The van der Waals surface area contributed by atoms with E-state index in [9.17, 15) is 14.3 Å². The summed E-state index contributed by atoms with van der Waals surface area (Å²) in [5, 5.41) is 17.9. The fourth-order valence-corrected chi connectivity index (χ4v) is 4.66. The first-order chi connectivity index (χ1) is 16.5. The molecule has 0 bridgehead atoms. The molecule has 7 nitrogen and oxygen atoms in total. The molecular formula is C26H23FN4O3. The van der Waals surface area contributed by atoms with Crippen LogP contribution in [0.4, 0.5) is 10.1 Å². The lowest BCUT2D eigenvalue weighted by Crippen LogP contribution is -2.17. The van der Waals surface area contributed by atoms with Crippen LogP contribution in [0.1, 0.15) is 40.5 Å². The van der Waals surface area contributed by atoms with Crippen LogP contribution < -0.4 is 5.73 Å². The van der Waals surface area contributed by atoms with E-state index in [4.69, 9.17) is 20.9 Å². The Kier molecular flexibility index (Phi) is 5.59. The number of nitrogens with two attached hydrogens (primary N) is 1. The molecule has 3 heterocycles. The molecular weight excluding hydrogens is 435 g/mol. The van der Waals surface area contributed by atoms with Gasteiger partial charge in [0.05, 0.1) is 11.3 Å². The number of halogens is 1. The van der Waals surface area contributed by atoms with E-state index in [0.29, 0.717) is 30.2 Å². The van der Waals surface area contributed by atoms with E-state index in [-0.39, 0.29) is 17.3 Å². The van der Waals surface area contributed by atoms with Crippen LogP contribution in [0.2, 0.25) is 0 Å². The van der Waals surface area contributed by atoms with Gasteiger partial charge in [-0.25, -0.2) is 14.2 Å². The van der Waals surface area contributed by atoms with Gasteiger partial charge >= 0.3 is 5.97 Å². The molecule has 0 atom stereocenters. The standard InChI is InChI=1S/C26H23FN4O3/c27-18-5-7-19(8-6-18)31-24(16-9-11-34-12-10-16)23(15-1-3-17(4-2-15)26(32)33)20-13-21(29)22(14-28)30-25(20)31/h1-8,13-14,16,28H,9-12,29H2,(H,32,33). The molecule has 0 radical (unpaired) electrons. The molecule has 8 heteroatoms. The topological polar surface area (TPSA) is 114 Å². The van der Waals surface area contributed by atoms with Gasteiger partial charge in [0.1, 0.15) is 17.2 Å². The van der Waals surface area contributed by atoms with E-state index in [1.54, 1.807) is 36.4 Å². The molecule has 172 valence electrons. The van der Waals surface area contributed by atoms with E-state index >= 15 is 0 Å². The third-order valence-electron chi connectivity index (χ3n) is 6.29. The Balaban J connectivity index is 1.88. The van der Waals surface area contributed by atoms with Gasteiger partial charge < -0.3 is 21.0 Å². The summed E-state index contributed by atoms with van der Waals surface area (Å²) < 4.78 is 21.4. The number of nitrogens with zero attached hydrogens (tertiary/aromatic N) is 2. The lowest BCUT2D eigenvalue weighted by atomic mass is 9.89. The second-order valence-electron chi connectivity index (χ2n) is 8.32. The van der Waals surface area contributed by atoms with E-state index in [1.807, 2.05) is 10.6 Å². The highest BCUT2D eigenvalue weighted by Crippen LogP contribution is 2.43. The van der Waals surface area contributed by atoms with E-state index in [1.165, 1.54) is 12.1 Å². The number of nitrogen functional groups attached to an aromatic ring is 1. The number of pyridine rings is 1. The maximum absolute atomic E-state index is 13.8. The monoisotopic (exact) mass is 458 g/mol. The Bertz CT molecular complexity index is 1390. The van der Waals surface area contributed by atoms with Crippen molar-refractivity contribution in [1.82, 2.24) is 9.55 Å². The lowest BCUT2D eigenvalue weighted by Gasteiger charge is -2.25. The molecule has 0 spiro atoms. The number of nitrogens with one attached hydrogen (secondary N) is 1. The summed E-state index contributed by atoms with van der Waals surface area (Å²) in [6, 6.07) is 14.8.